The zero-order chi connectivity index (χ0) is 13.1. The highest BCUT2D eigenvalue weighted by Gasteiger charge is 2.31. The largest absolute Gasteiger partial charge is 0.355 e. The highest BCUT2D eigenvalue weighted by Crippen LogP contribution is 2.21. The predicted octanol–water partition coefficient (Wildman–Crippen LogP) is 0.737. The first-order valence-electron chi connectivity index (χ1n) is 6.03. The number of hydrogen-bond acceptors (Lipinski definition) is 3. The molecule has 0 aliphatic carbocycles. The van der Waals surface area contributed by atoms with Crippen LogP contribution in [0.5, 0.6) is 0 Å². The second-order valence-corrected chi connectivity index (χ2v) is 4.61. The number of carbonyl (C=O) groups is 2. The first-order chi connectivity index (χ1) is 8.59. The molecule has 1 N–H and O–H groups in total. The summed E-state index contributed by atoms with van der Waals surface area (Å²) in [5.74, 6) is -0.261. The molecule has 2 amide bonds. The van der Waals surface area contributed by atoms with Gasteiger partial charge in [0.05, 0.1) is 12.0 Å². The van der Waals surface area contributed by atoms with E-state index in [0.29, 0.717) is 13.0 Å². The molecule has 0 saturated carbocycles. The quantitative estimate of drug-likeness (QED) is 0.856. The minimum absolute atomic E-state index is 0.0117. The molecule has 1 aliphatic heterocycles. The Morgan fingerprint density at radius 3 is 2.72 bits per heavy atom. The molecule has 0 bridgehead atoms. The van der Waals surface area contributed by atoms with Crippen LogP contribution in [0.4, 0.5) is 0 Å². The van der Waals surface area contributed by atoms with Crippen molar-refractivity contribution < 1.29 is 9.59 Å². The minimum Gasteiger partial charge on any atom is -0.355 e. The molecule has 2 rings (SSSR count). The van der Waals surface area contributed by atoms with Crippen molar-refractivity contribution in [2.75, 3.05) is 13.6 Å². The Morgan fingerprint density at radius 1 is 1.50 bits per heavy atom. The first-order valence-corrected chi connectivity index (χ1v) is 6.03. The zero-order valence-corrected chi connectivity index (χ0v) is 10.6. The summed E-state index contributed by atoms with van der Waals surface area (Å²) in [5, 5.41) is 2.69. The van der Waals surface area contributed by atoms with Crippen LogP contribution in [0.2, 0.25) is 0 Å². The van der Waals surface area contributed by atoms with E-state index < -0.39 is 0 Å². The number of carbonyl (C=O) groups excluding carboxylic acids is 2. The Hall–Kier alpha value is -1.91. The number of pyridine rings is 1. The van der Waals surface area contributed by atoms with Crippen molar-refractivity contribution in [2.45, 2.75) is 19.4 Å². The Labute approximate surface area is 106 Å². The lowest BCUT2D eigenvalue weighted by atomic mass is 10.0. The van der Waals surface area contributed by atoms with Gasteiger partial charge < -0.3 is 10.2 Å². The average Bonchev–Trinajstić information content (AvgIpc) is 2.84. The Balaban J connectivity index is 2.05. The van der Waals surface area contributed by atoms with Crippen LogP contribution >= 0.6 is 0 Å². The molecular weight excluding hydrogens is 230 g/mol. The maximum absolute atomic E-state index is 12.2. The number of rotatable bonds is 3. The molecule has 5 nitrogen and oxygen atoms in total. The number of hydrogen-bond donors (Lipinski definition) is 1. The van der Waals surface area contributed by atoms with Crippen molar-refractivity contribution in [3.05, 3.63) is 30.1 Å². The molecule has 2 atom stereocenters. The lowest BCUT2D eigenvalue weighted by molar-refractivity contribution is -0.136. The predicted molar refractivity (Wildman–Crippen MR) is 66.5 cm³/mol. The maximum Gasteiger partial charge on any atom is 0.228 e. The summed E-state index contributed by atoms with van der Waals surface area (Å²) in [6.07, 6.45) is 3.72. The molecule has 1 aromatic heterocycles. The number of aromatic nitrogens is 1. The van der Waals surface area contributed by atoms with Crippen LogP contribution in [-0.4, -0.2) is 35.3 Å². The third-order valence-corrected chi connectivity index (χ3v) is 3.44. The molecule has 1 aliphatic rings. The van der Waals surface area contributed by atoms with Crippen LogP contribution in [0.25, 0.3) is 0 Å². The monoisotopic (exact) mass is 247 g/mol. The van der Waals surface area contributed by atoms with Gasteiger partial charge in [-0.05, 0) is 24.6 Å². The van der Waals surface area contributed by atoms with E-state index in [4.69, 9.17) is 0 Å². The second kappa shape index (κ2) is 5.16. The Morgan fingerprint density at radius 2 is 2.17 bits per heavy atom. The van der Waals surface area contributed by atoms with Crippen molar-refractivity contribution in [3.63, 3.8) is 0 Å². The van der Waals surface area contributed by atoms with Gasteiger partial charge in [-0.1, -0.05) is 0 Å². The van der Waals surface area contributed by atoms with Gasteiger partial charge in [0.25, 0.3) is 0 Å². The molecule has 2 unspecified atom stereocenters. The van der Waals surface area contributed by atoms with Gasteiger partial charge in [0.1, 0.15) is 0 Å². The fourth-order valence-corrected chi connectivity index (χ4v) is 2.12. The third kappa shape index (κ3) is 2.50. The van der Waals surface area contributed by atoms with Gasteiger partial charge in [-0.2, -0.15) is 0 Å². The van der Waals surface area contributed by atoms with Crippen LogP contribution in [0.3, 0.4) is 0 Å². The number of nitrogens with zero attached hydrogens (tertiary/aromatic N) is 2. The summed E-state index contributed by atoms with van der Waals surface area (Å²) in [7, 11) is 1.77. The summed E-state index contributed by atoms with van der Waals surface area (Å²) in [6, 6.07) is 3.77. The molecule has 1 saturated heterocycles. The van der Waals surface area contributed by atoms with Crippen molar-refractivity contribution in [2.24, 2.45) is 5.92 Å². The van der Waals surface area contributed by atoms with Crippen LogP contribution < -0.4 is 5.32 Å². The van der Waals surface area contributed by atoms with E-state index in [2.05, 4.69) is 10.3 Å². The fraction of sp³-hybridized carbons (Fsp3) is 0.462. The maximum atomic E-state index is 12.2. The minimum atomic E-state index is -0.230. The van der Waals surface area contributed by atoms with Gasteiger partial charge in [0.2, 0.25) is 11.8 Å². The topological polar surface area (TPSA) is 62.3 Å². The molecule has 96 valence electrons. The smallest absolute Gasteiger partial charge is 0.228 e. The van der Waals surface area contributed by atoms with Gasteiger partial charge in [0, 0.05) is 32.4 Å². The van der Waals surface area contributed by atoms with Crippen LogP contribution in [-0.2, 0) is 9.59 Å². The van der Waals surface area contributed by atoms with Crippen molar-refractivity contribution >= 4 is 11.8 Å². The summed E-state index contributed by atoms with van der Waals surface area (Å²) in [4.78, 5) is 29.0. The molecule has 0 aromatic carbocycles. The normalized spacial score (nSPS) is 20.3. The third-order valence-electron chi connectivity index (χ3n) is 3.44. The SMILES string of the molecule is CC(c1ccncc1)N(C)C(=O)C1CNC(=O)C1. The van der Waals surface area contributed by atoms with E-state index in [1.807, 2.05) is 19.1 Å². The molecule has 1 fully saturated rings. The summed E-state index contributed by atoms with van der Waals surface area (Å²) >= 11 is 0. The van der Waals surface area contributed by atoms with Crippen molar-refractivity contribution in [3.8, 4) is 0 Å². The van der Waals surface area contributed by atoms with E-state index >= 15 is 0 Å². The lowest BCUT2D eigenvalue weighted by Gasteiger charge is -2.27. The molecule has 0 spiro atoms. The molecule has 18 heavy (non-hydrogen) atoms. The fourth-order valence-electron chi connectivity index (χ4n) is 2.12. The number of nitrogens with one attached hydrogen (secondary N) is 1. The molecule has 5 heteroatoms. The zero-order valence-electron chi connectivity index (χ0n) is 10.6. The summed E-state index contributed by atoms with van der Waals surface area (Å²) < 4.78 is 0. The second-order valence-electron chi connectivity index (χ2n) is 4.61. The van der Waals surface area contributed by atoms with Crippen LogP contribution in [0, 0.1) is 5.92 Å². The molecule has 0 radical (unpaired) electrons. The van der Waals surface area contributed by atoms with E-state index in [1.165, 1.54) is 0 Å². The summed E-state index contributed by atoms with van der Waals surface area (Å²) in [5.41, 5.74) is 1.04. The van der Waals surface area contributed by atoms with Crippen molar-refractivity contribution in [1.82, 2.24) is 15.2 Å². The summed E-state index contributed by atoms with van der Waals surface area (Å²) in [6.45, 7) is 2.42. The highest BCUT2D eigenvalue weighted by atomic mass is 16.2. The van der Waals surface area contributed by atoms with Gasteiger partial charge >= 0.3 is 0 Å². The van der Waals surface area contributed by atoms with Gasteiger partial charge in [-0.15, -0.1) is 0 Å². The van der Waals surface area contributed by atoms with Gasteiger partial charge in [-0.3, -0.25) is 14.6 Å². The lowest BCUT2D eigenvalue weighted by Crippen LogP contribution is -2.35. The number of amides is 2. The highest BCUT2D eigenvalue weighted by molar-refractivity contribution is 5.89. The van der Waals surface area contributed by atoms with Crippen LogP contribution in [0.15, 0.2) is 24.5 Å². The van der Waals surface area contributed by atoms with Crippen LogP contribution in [0.1, 0.15) is 24.9 Å². The Kier molecular flexibility index (Phi) is 3.60. The first kappa shape index (κ1) is 12.5. The van der Waals surface area contributed by atoms with Gasteiger partial charge in [-0.25, -0.2) is 0 Å². The van der Waals surface area contributed by atoms with E-state index in [1.54, 1.807) is 24.3 Å². The standard InChI is InChI=1S/C13H17N3O2/c1-9(10-3-5-14-6-4-10)16(2)13(18)11-7-12(17)15-8-11/h3-6,9,11H,7-8H2,1-2H3,(H,15,17). The van der Waals surface area contributed by atoms with E-state index in [9.17, 15) is 9.59 Å². The van der Waals surface area contributed by atoms with E-state index in [0.717, 1.165) is 5.56 Å². The van der Waals surface area contributed by atoms with E-state index in [-0.39, 0.29) is 23.8 Å². The Bertz CT molecular complexity index is 447. The van der Waals surface area contributed by atoms with Crippen molar-refractivity contribution in [1.29, 1.82) is 0 Å². The molecular formula is C13H17N3O2. The average molecular weight is 247 g/mol. The van der Waals surface area contributed by atoms with Gasteiger partial charge in [0.15, 0.2) is 0 Å². The molecule has 2 heterocycles. The molecule has 1 aromatic rings.